The maximum absolute atomic E-state index is 5.26. The molecule has 0 spiro atoms. The molecule has 6 heteroatoms. The predicted molar refractivity (Wildman–Crippen MR) is 221 cm³/mol. The van der Waals surface area contributed by atoms with Gasteiger partial charge in [-0.3, -0.25) is 0 Å². The van der Waals surface area contributed by atoms with E-state index in [0.29, 0.717) is 5.84 Å². The van der Waals surface area contributed by atoms with Crippen LogP contribution in [0.2, 0.25) is 0 Å². The van der Waals surface area contributed by atoms with Crippen molar-refractivity contribution >= 4 is 83.4 Å². The van der Waals surface area contributed by atoms with Gasteiger partial charge in [-0.1, -0.05) is 78.9 Å². The Labute approximate surface area is 304 Å². The van der Waals surface area contributed by atoms with Gasteiger partial charge in [-0.05, 0) is 92.5 Å². The molecule has 0 unspecified atom stereocenters. The first-order valence-corrected chi connectivity index (χ1v) is 18.1. The van der Waals surface area contributed by atoms with Gasteiger partial charge in [0.05, 0.1) is 32.5 Å². The Hall–Kier alpha value is -6.63. The number of rotatable bonds is 5. The Morgan fingerprint density at radius 3 is 1.77 bits per heavy atom. The number of aryl methyl sites for hydroxylation is 1. The maximum Gasteiger partial charge on any atom is 0.159 e. The summed E-state index contributed by atoms with van der Waals surface area (Å²) in [5.41, 5.74) is 11.5. The Bertz CT molecular complexity index is 3040. The zero-order valence-corrected chi connectivity index (χ0v) is 29.2. The van der Waals surface area contributed by atoms with E-state index in [-0.39, 0.29) is 0 Å². The first-order valence-electron chi connectivity index (χ1n) is 17.3. The number of benzene rings is 6. The van der Waals surface area contributed by atoms with Crippen LogP contribution in [0.5, 0.6) is 0 Å². The number of aromatic nitrogens is 3. The van der Waals surface area contributed by atoms with E-state index in [1.807, 2.05) is 6.07 Å². The first kappa shape index (κ1) is 30.2. The Morgan fingerprint density at radius 2 is 1.13 bits per heavy atom. The summed E-state index contributed by atoms with van der Waals surface area (Å²) in [6, 6.07) is 55.5. The average molecular weight is 686 g/mol. The lowest BCUT2D eigenvalue weighted by molar-refractivity contribution is 1.18. The zero-order chi connectivity index (χ0) is 34.8. The normalized spacial score (nSPS) is 12.1. The molecule has 52 heavy (non-hydrogen) atoms. The molecule has 5 nitrogen and oxygen atoms in total. The quantitative estimate of drug-likeness (QED) is 0.131. The highest BCUT2D eigenvalue weighted by atomic mass is 32.1. The molecular formula is C46H31N5S. The second kappa shape index (κ2) is 12.0. The minimum atomic E-state index is 0.573. The van der Waals surface area contributed by atoms with E-state index < -0.39 is 0 Å². The standard InChI is InChI=1S/C46H31N5S/c1-29-44(49-46(47-2)31-22-25-42-37(28-31)35-18-10-12-20-40(35)51(42)33-15-7-4-8-16-33)45-43(52-29)26-23-38(48-45)30-21-24-41-36(27-30)34-17-9-11-19-39(34)50(41)32-13-5-3-6-14-32/h3-28H,2H2,1H3. The lowest BCUT2D eigenvalue weighted by atomic mass is 10.1. The van der Waals surface area contributed by atoms with E-state index in [1.54, 1.807) is 11.3 Å². The van der Waals surface area contributed by atoms with Crippen LogP contribution in [0.15, 0.2) is 168 Å². The van der Waals surface area contributed by atoms with Gasteiger partial charge in [-0.25, -0.2) is 15.0 Å². The van der Waals surface area contributed by atoms with Crippen molar-refractivity contribution in [1.82, 2.24) is 14.1 Å². The summed E-state index contributed by atoms with van der Waals surface area (Å²) in [4.78, 5) is 16.0. The molecule has 0 aliphatic rings. The van der Waals surface area contributed by atoms with Crippen molar-refractivity contribution in [3.05, 3.63) is 168 Å². The van der Waals surface area contributed by atoms with Gasteiger partial charge >= 0.3 is 0 Å². The molecule has 0 atom stereocenters. The number of para-hydroxylation sites is 4. The molecule has 0 aliphatic carbocycles. The van der Waals surface area contributed by atoms with Crippen LogP contribution in [0.3, 0.4) is 0 Å². The van der Waals surface area contributed by atoms with Crippen LogP contribution < -0.4 is 0 Å². The minimum Gasteiger partial charge on any atom is -0.309 e. The third kappa shape index (κ3) is 4.72. The van der Waals surface area contributed by atoms with Crippen molar-refractivity contribution < 1.29 is 0 Å². The average Bonchev–Trinajstić information content (AvgIpc) is 3.83. The number of hydrogen-bond acceptors (Lipinski definition) is 3. The molecule has 4 aromatic heterocycles. The molecule has 0 saturated carbocycles. The molecular weight excluding hydrogens is 655 g/mol. The third-order valence-corrected chi connectivity index (χ3v) is 11.0. The molecule has 0 fully saturated rings. The van der Waals surface area contributed by atoms with E-state index in [2.05, 4.69) is 179 Å². The summed E-state index contributed by atoms with van der Waals surface area (Å²) >= 11 is 1.70. The number of hydrogen-bond donors (Lipinski definition) is 0. The van der Waals surface area contributed by atoms with Gasteiger partial charge in [0.1, 0.15) is 11.2 Å². The van der Waals surface area contributed by atoms with Crippen molar-refractivity contribution in [3.63, 3.8) is 0 Å². The van der Waals surface area contributed by atoms with Gasteiger partial charge in [0.2, 0.25) is 0 Å². The number of fused-ring (bicyclic) bond motifs is 7. The lowest BCUT2D eigenvalue weighted by Crippen LogP contribution is -1.97. The number of aliphatic imine (C=N–C) groups is 2. The molecule has 0 N–H and O–H groups in total. The van der Waals surface area contributed by atoms with E-state index >= 15 is 0 Å². The predicted octanol–water partition coefficient (Wildman–Crippen LogP) is 12.2. The van der Waals surface area contributed by atoms with Crippen molar-refractivity contribution in [1.29, 1.82) is 0 Å². The fourth-order valence-corrected chi connectivity index (χ4v) is 8.57. The van der Waals surface area contributed by atoms with E-state index in [4.69, 9.17) is 9.98 Å². The van der Waals surface area contributed by atoms with Crippen molar-refractivity contribution in [2.24, 2.45) is 9.98 Å². The summed E-state index contributed by atoms with van der Waals surface area (Å²) in [6.07, 6.45) is 0. The number of pyridine rings is 1. The van der Waals surface area contributed by atoms with Crippen molar-refractivity contribution in [2.75, 3.05) is 0 Å². The SMILES string of the molecule is C=NC(=Nc1c(C)sc2ccc(-c3ccc4c(c3)c3ccccc3n4-c3ccccc3)nc12)c1ccc2c(c1)c1ccccc1n2-c1ccccc1. The molecule has 4 heterocycles. The highest BCUT2D eigenvalue weighted by Gasteiger charge is 2.18. The Morgan fingerprint density at radius 1 is 0.577 bits per heavy atom. The molecule has 10 rings (SSSR count). The molecule has 6 aromatic carbocycles. The molecule has 0 saturated heterocycles. The van der Waals surface area contributed by atoms with Gasteiger partial charge in [0.25, 0.3) is 0 Å². The van der Waals surface area contributed by atoms with Gasteiger partial charge in [0.15, 0.2) is 5.84 Å². The van der Waals surface area contributed by atoms with Crippen LogP contribution in [0.4, 0.5) is 5.69 Å². The first-order chi connectivity index (χ1) is 25.7. The summed E-state index contributed by atoms with van der Waals surface area (Å²) in [5.74, 6) is 0.573. The summed E-state index contributed by atoms with van der Waals surface area (Å²) in [7, 11) is 0. The van der Waals surface area contributed by atoms with Crippen molar-refractivity contribution in [2.45, 2.75) is 6.92 Å². The van der Waals surface area contributed by atoms with Crippen LogP contribution in [0.25, 0.3) is 76.5 Å². The molecule has 0 radical (unpaired) electrons. The maximum atomic E-state index is 5.26. The lowest BCUT2D eigenvalue weighted by Gasteiger charge is -2.08. The van der Waals surface area contributed by atoms with E-state index in [9.17, 15) is 0 Å². The second-order valence-electron chi connectivity index (χ2n) is 13.0. The summed E-state index contributed by atoms with van der Waals surface area (Å²) < 4.78 is 5.73. The van der Waals surface area contributed by atoms with E-state index in [0.717, 1.165) is 65.4 Å². The molecule has 0 amide bonds. The van der Waals surface area contributed by atoms with Crippen LogP contribution in [0, 0.1) is 6.92 Å². The van der Waals surface area contributed by atoms with Crippen LogP contribution in [-0.4, -0.2) is 26.7 Å². The summed E-state index contributed by atoms with van der Waals surface area (Å²) in [5, 5.41) is 4.73. The molecule has 10 aromatic rings. The summed E-state index contributed by atoms with van der Waals surface area (Å²) in [6.45, 7) is 6.06. The highest BCUT2D eigenvalue weighted by Crippen LogP contribution is 2.40. The number of nitrogens with zero attached hydrogens (tertiary/aromatic N) is 5. The number of thiophene rings is 1. The van der Waals surface area contributed by atoms with E-state index in [1.165, 1.54) is 27.2 Å². The monoisotopic (exact) mass is 685 g/mol. The number of amidine groups is 1. The van der Waals surface area contributed by atoms with Crippen LogP contribution >= 0.6 is 11.3 Å². The van der Waals surface area contributed by atoms with Crippen LogP contribution in [-0.2, 0) is 0 Å². The second-order valence-corrected chi connectivity index (χ2v) is 14.2. The van der Waals surface area contributed by atoms with Gasteiger partial charge in [-0.15, -0.1) is 11.3 Å². The molecule has 0 bridgehead atoms. The fourth-order valence-electron chi connectivity index (χ4n) is 7.62. The van der Waals surface area contributed by atoms with Gasteiger partial charge in [-0.2, -0.15) is 0 Å². The van der Waals surface area contributed by atoms with Gasteiger partial charge < -0.3 is 9.13 Å². The van der Waals surface area contributed by atoms with Gasteiger partial charge in [0, 0.05) is 48.9 Å². The smallest absolute Gasteiger partial charge is 0.159 e. The fraction of sp³-hybridized carbons (Fsp3) is 0.0217. The largest absolute Gasteiger partial charge is 0.309 e. The zero-order valence-electron chi connectivity index (χ0n) is 28.4. The molecule has 0 aliphatic heterocycles. The van der Waals surface area contributed by atoms with Crippen molar-refractivity contribution in [3.8, 4) is 22.6 Å². The van der Waals surface area contributed by atoms with Crippen LogP contribution in [0.1, 0.15) is 10.4 Å². The molecule has 246 valence electrons. The highest BCUT2D eigenvalue weighted by molar-refractivity contribution is 7.19. The Balaban J connectivity index is 1.09. The Kier molecular flexibility index (Phi) is 6.98. The third-order valence-electron chi connectivity index (χ3n) is 9.97. The minimum absolute atomic E-state index is 0.573. The topological polar surface area (TPSA) is 47.5 Å².